The van der Waals surface area contributed by atoms with Gasteiger partial charge >= 0.3 is 6.03 Å². The van der Waals surface area contributed by atoms with Gasteiger partial charge in [0.1, 0.15) is 0 Å². The van der Waals surface area contributed by atoms with E-state index in [-0.39, 0.29) is 5.50 Å². The second-order valence-electron chi connectivity index (χ2n) is 2.34. The number of nitrogens with zero attached hydrogens (tertiary/aromatic N) is 2. The van der Waals surface area contributed by atoms with Crippen LogP contribution in [-0.4, -0.2) is 37.5 Å². The van der Waals surface area contributed by atoms with Gasteiger partial charge < -0.3 is 0 Å². The monoisotopic (exact) mass is 311 g/mol. The highest BCUT2D eigenvalue weighted by molar-refractivity contribution is 8.03. The highest BCUT2D eigenvalue weighted by atomic mass is 35.6. The van der Waals surface area contributed by atoms with Gasteiger partial charge in [0.2, 0.25) is 0 Å². The highest BCUT2D eigenvalue weighted by Gasteiger charge is 2.41. The molecule has 1 atom stereocenters. The molecule has 2 amide bonds. The van der Waals surface area contributed by atoms with Crippen molar-refractivity contribution in [2.75, 3.05) is 13.4 Å². The summed E-state index contributed by atoms with van der Waals surface area (Å²) in [6.45, 7) is 0. The van der Waals surface area contributed by atoms with Crippen LogP contribution in [0.4, 0.5) is 4.79 Å². The summed E-state index contributed by atoms with van der Waals surface area (Å²) < 4.78 is -0.479. The van der Waals surface area contributed by atoms with Crippen LogP contribution < -0.4 is 5.43 Å². The van der Waals surface area contributed by atoms with Gasteiger partial charge in [-0.2, -0.15) is 14.9 Å². The Hall–Kier alpha value is 0.760. The fourth-order valence-electron chi connectivity index (χ4n) is 0.889. The van der Waals surface area contributed by atoms with Crippen molar-refractivity contribution in [2.24, 2.45) is 0 Å². The first-order chi connectivity index (χ1) is 6.89. The number of rotatable bonds is 3. The van der Waals surface area contributed by atoms with Crippen LogP contribution in [0.1, 0.15) is 0 Å². The maximum Gasteiger partial charge on any atom is 0.371 e. The van der Waals surface area contributed by atoms with Crippen LogP contribution in [0, 0.1) is 0 Å². The molecule has 10 heteroatoms. The lowest BCUT2D eigenvalue weighted by atomic mass is 11.0. The fourth-order valence-corrected chi connectivity index (χ4v) is 2.67. The number of thioether (sulfide) groups is 1. The smallest absolute Gasteiger partial charge is 0.270 e. The quantitative estimate of drug-likeness (QED) is 0.640. The van der Waals surface area contributed by atoms with Crippen molar-refractivity contribution < 1.29 is 9.63 Å². The second kappa shape index (κ2) is 5.39. The summed E-state index contributed by atoms with van der Waals surface area (Å²) in [5.41, 5.74) is 2.47. The van der Waals surface area contributed by atoms with Crippen molar-refractivity contribution in [1.82, 2.24) is 14.9 Å². The first kappa shape index (κ1) is 13.8. The first-order valence-electron chi connectivity index (χ1n) is 3.61. The third kappa shape index (κ3) is 3.62. The molecule has 0 aromatic rings. The fraction of sp³-hybridized carbons (Fsp3) is 0.800. The van der Waals surface area contributed by atoms with Crippen LogP contribution in [-0.2, 0) is 4.84 Å². The number of hydroxylamine groups is 2. The lowest BCUT2D eigenvalue weighted by Gasteiger charge is -2.17. The minimum atomic E-state index is -1.60. The maximum absolute atomic E-state index is 11.6. The van der Waals surface area contributed by atoms with Gasteiger partial charge in [0, 0.05) is 11.9 Å². The largest absolute Gasteiger partial charge is 0.371 e. The van der Waals surface area contributed by atoms with E-state index in [2.05, 4.69) is 5.43 Å². The van der Waals surface area contributed by atoms with Gasteiger partial charge in [-0.25, -0.2) is 4.79 Å². The third-order valence-electron chi connectivity index (χ3n) is 1.42. The molecule has 0 aromatic carbocycles. The molecule has 88 valence electrons. The lowest BCUT2D eigenvalue weighted by molar-refractivity contribution is -0.0831. The number of carbonyl (C=O) groups is 1. The Labute approximate surface area is 111 Å². The molecule has 0 saturated carbocycles. The van der Waals surface area contributed by atoms with E-state index < -0.39 is 9.16 Å². The summed E-state index contributed by atoms with van der Waals surface area (Å²) in [6.07, 6.45) is 1.82. The average molecular weight is 313 g/mol. The van der Waals surface area contributed by atoms with Crippen molar-refractivity contribution in [3.8, 4) is 0 Å². The van der Waals surface area contributed by atoms with Crippen molar-refractivity contribution in [3.63, 3.8) is 0 Å². The topological polar surface area (TPSA) is 44.8 Å². The Morgan fingerprint density at radius 1 is 1.53 bits per heavy atom. The molecule has 0 aromatic heterocycles. The number of hydrogen-bond donors (Lipinski definition) is 1. The summed E-state index contributed by atoms with van der Waals surface area (Å²) in [7, 11) is 1.40. The molecule has 1 N–H and O–H groups in total. The molecule has 1 saturated heterocycles. The molecule has 1 rings (SSSR count). The molecular formula is C5H8Cl3N3O2S2. The Bertz CT molecular complexity index is 252. The van der Waals surface area contributed by atoms with Crippen LogP contribution >= 0.6 is 58.5 Å². The van der Waals surface area contributed by atoms with Crippen molar-refractivity contribution in [2.45, 2.75) is 8.62 Å². The van der Waals surface area contributed by atoms with Gasteiger partial charge in [0.05, 0.1) is 7.11 Å². The number of nitrogens with one attached hydrogen (secondary N) is 1. The second-order valence-corrected chi connectivity index (χ2v) is 7.37. The molecular weight excluding hydrogens is 305 g/mol. The van der Waals surface area contributed by atoms with Crippen LogP contribution in [0.2, 0.25) is 0 Å². The Morgan fingerprint density at radius 2 is 2.13 bits per heavy atom. The van der Waals surface area contributed by atoms with Crippen LogP contribution in [0.25, 0.3) is 0 Å². The van der Waals surface area contributed by atoms with Gasteiger partial charge in [0.15, 0.2) is 5.50 Å². The van der Waals surface area contributed by atoms with Gasteiger partial charge in [-0.1, -0.05) is 34.8 Å². The van der Waals surface area contributed by atoms with E-state index in [9.17, 15) is 4.79 Å². The summed E-state index contributed by atoms with van der Waals surface area (Å²) in [6, 6.07) is -0.423. The number of urea groups is 1. The highest BCUT2D eigenvalue weighted by Crippen LogP contribution is 2.42. The van der Waals surface area contributed by atoms with Crippen molar-refractivity contribution >= 4 is 64.5 Å². The van der Waals surface area contributed by atoms with Gasteiger partial charge in [-0.3, -0.25) is 4.84 Å². The predicted molar refractivity (Wildman–Crippen MR) is 64.4 cm³/mol. The number of carbonyl (C=O) groups excluding carboxylic acids is 1. The van der Waals surface area contributed by atoms with Crippen molar-refractivity contribution in [1.29, 1.82) is 0 Å². The predicted octanol–water partition coefficient (Wildman–Crippen LogP) is 2.41. The first-order valence-corrected chi connectivity index (χ1v) is 6.81. The van der Waals surface area contributed by atoms with E-state index in [1.165, 1.54) is 18.9 Å². The molecule has 1 aliphatic rings. The van der Waals surface area contributed by atoms with E-state index in [1.807, 2.05) is 6.26 Å². The van der Waals surface area contributed by atoms with Crippen molar-refractivity contribution in [3.05, 3.63) is 0 Å². The minimum absolute atomic E-state index is 0.331. The molecule has 15 heavy (non-hydrogen) atoms. The van der Waals surface area contributed by atoms with E-state index in [4.69, 9.17) is 39.6 Å². The van der Waals surface area contributed by atoms with Crippen LogP contribution in [0.3, 0.4) is 0 Å². The number of amides is 2. The third-order valence-corrected chi connectivity index (χ3v) is 3.43. The molecule has 1 heterocycles. The summed E-state index contributed by atoms with van der Waals surface area (Å²) in [5.74, 6) is 0. The Kier molecular flexibility index (Phi) is 4.97. The van der Waals surface area contributed by atoms with E-state index in [0.717, 1.165) is 21.4 Å². The number of alkyl halides is 3. The minimum Gasteiger partial charge on any atom is -0.270 e. The maximum atomic E-state index is 11.6. The summed E-state index contributed by atoms with van der Waals surface area (Å²) in [4.78, 5) is 16.5. The Balaban J connectivity index is 2.67. The van der Waals surface area contributed by atoms with Crippen LogP contribution in [0.5, 0.6) is 0 Å². The van der Waals surface area contributed by atoms with Gasteiger partial charge in [0.25, 0.3) is 3.12 Å². The molecule has 1 fully saturated rings. The summed E-state index contributed by atoms with van der Waals surface area (Å²) >= 11 is 18.8. The zero-order valence-electron chi connectivity index (χ0n) is 7.74. The molecule has 0 spiro atoms. The summed E-state index contributed by atoms with van der Waals surface area (Å²) in [5, 5.41) is 1.15. The normalized spacial score (nSPS) is 22.7. The molecule has 0 aliphatic carbocycles. The molecule has 5 nitrogen and oxygen atoms in total. The van der Waals surface area contributed by atoms with E-state index in [0.29, 0.717) is 0 Å². The van der Waals surface area contributed by atoms with Gasteiger partial charge in [-0.05, 0) is 6.26 Å². The van der Waals surface area contributed by atoms with Crippen LogP contribution in [0.15, 0.2) is 0 Å². The number of hydrazine groups is 1. The van der Waals surface area contributed by atoms with E-state index >= 15 is 0 Å². The lowest BCUT2D eigenvalue weighted by Crippen LogP contribution is -2.33. The Morgan fingerprint density at radius 3 is 2.47 bits per heavy atom. The zero-order valence-corrected chi connectivity index (χ0v) is 11.6. The zero-order chi connectivity index (χ0) is 11.6. The molecule has 0 radical (unpaired) electrons. The molecule has 1 aliphatic heterocycles. The SMILES string of the molecule is CON1C(=O)N(SC(Cl)(Cl)Cl)NC1SC. The number of halogens is 3. The number of hydrogen-bond acceptors (Lipinski definition) is 5. The van der Waals surface area contributed by atoms with E-state index in [1.54, 1.807) is 0 Å². The standard InChI is InChI=1S/C5H8Cl3N3O2S2/c1-13-10-3(14-2)9-11(4(10)12)15-5(6,7)8/h3,9H,1-2H3. The molecule has 0 bridgehead atoms. The van der Waals surface area contributed by atoms with Gasteiger partial charge in [-0.15, -0.1) is 11.8 Å². The molecule has 1 unspecified atom stereocenters. The average Bonchev–Trinajstić information content (AvgIpc) is 2.40.